The minimum absolute atomic E-state index is 0.0724. The van der Waals surface area contributed by atoms with E-state index in [1.54, 1.807) is 6.07 Å². The third kappa shape index (κ3) is 2.35. The van der Waals surface area contributed by atoms with Crippen LogP contribution < -0.4 is 5.32 Å². The highest BCUT2D eigenvalue weighted by atomic mass is 35.5. The Bertz CT molecular complexity index is 404. The molecule has 1 aliphatic carbocycles. The monoisotopic (exact) mass is 241 g/mol. The summed E-state index contributed by atoms with van der Waals surface area (Å²) < 4.78 is 13.1. The SMILES string of the molecule is O=C(CCCl)NC1(c2cccc(F)c2)CC1. The molecule has 0 radical (unpaired) electrons. The van der Waals surface area contributed by atoms with E-state index in [9.17, 15) is 9.18 Å². The van der Waals surface area contributed by atoms with E-state index in [2.05, 4.69) is 5.32 Å². The quantitative estimate of drug-likeness (QED) is 0.807. The molecule has 2 rings (SSSR count). The van der Waals surface area contributed by atoms with Crippen molar-refractivity contribution in [3.05, 3.63) is 35.6 Å². The molecule has 0 unspecified atom stereocenters. The normalized spacial score (nSPS) is 16.9. The van der Waals surface area contributed by atoms with Crippen molar-refractivity contribution >= 4 is 17.5 Å². The summed E-state index contributed by atoms with van der Waals surface area (Å²) in [5, 5.41) is 2.92. The Labute approximate surface area is 98.8 Å². The Balaban J connectivity index is 2.11. The predicted octanol–water partition coefficient (Wildman–Crippen LogP) is 2.56. The van der Waals surface area contributed by atoms with E-state index >= 15 is 0 Å². The number of carbonyl (C=O) groups excluding carboxylic acids is 1. The summed E-state index contributed by atoms with van der Waals surface area (Å²) in [6, 6.07) is 6.39. The Hall–Kier alpha value is -1.09. The summed E-state index contributed by atoms with van der Waals surface area (Å²) in [7, 11) is 0. The number of carbonyl (C=O) groups is 1. The van der Waals surface area contributed by atoms with Gasteiger partial charge in [0.25, 0.3) is 0 Å². The average molecular weight is 242 g/mol. The minimum atomic E-state index is -0.342. The Morgan fingerprint density at radius 3 is 2.81 bits per heavy atom. The van der Waals surface area contributed by atoms with Gasteiger partial charge in [-0.15, -0.1) is 11.6 Å². The van der Waals surface area contributed by atoms with Gasteiger partial charge in [-0.3, -0.25) is 4.79 Å². The van der Waals surface area contributed by atoms with Gasteiger partial charge in [0.05, 0.1) is 5.54 Å². The zero-order valence-corrected chi connectivity index (χ0v) is 9.56. The van der Waals surface area contributed by atoms with Crippen molar-refractivity contribution in [1.82, 2.24) is 5.32 Å². The maximum atomic E-state index is 13.1. The van der Waals surface area contributed by atoms with Crippen LogP contribution in [0.2, 0.25) is 0 Å². The summed E-state index contributed by atoms with van der Waals surface area (Å²) in [6.07, 6.45) is 2.04. The molecule has 4 heteroatoms. The zero-order valence-electron chi connectivity index (χ0n) is 8.80. The minimum Gasteiger partial charge on any atom is -0.347 e. The van der Waals surface area contributed by atoms with Gasteiger partial charge in [0.15, 0.2) is 0 Å². The first-order valence-electron chi connectivity index (χ1n) is 5.29. The summed E-state index contributed by atoms with van der Waals surface area (Å²) in [6.45, 7) is 0. The first kappa shape index (κ1) is 11.4. The summed E-state index contributed by atoms with van der Waals surface area (Å²) in [5.74, 6) is -0.0300. The standard InChI is InChI=1S/C12H13ClFNO/c13-7-4-11(16)15-12(5-6-12)9-2-1-3-10(14)8-9/h1-3,8H,4-7H2,(H,15,16). The van der Waals surface area contributed by atoms with E-state index in [-0.39, 0.29) is 17.3 Å². The number of hydrogen-bond donors (Lipinski definition) is 1. The van der Waals surface area contributed by atoms with Crippen LogP contribution in [0.4, 0.5) is 4.39 Å². The highest BCUT2D eigenvalue weighted by Gasteiger charge is 2.45. The molecule has 86 valence electrons. The first-order valence-corrected chi connectivity index (χ1v) is 5.83. The van der Waals surface area contributed by atoms with E-state index in [4.69, 9.17) is 11.6 Å². The van der Waals surface area contributed by atoms with Crippen LogP contribution in [0.3, 0.4) is 0 Å². The van der Waals surface area contributed by atoms with Gasteiger partial charge in [-0.05, 0) is 30.5 Å². The fourth-order valence-electron chi connectivity index (χ4n) is 1.81. The molecule has 1 fully saturated rings. The molecule has 1 aliphatic rings. The van der Waals surface area contributed by atoms with Crippen LogP contribution in [-0.4, -0.2) is 11.8 Å². The maximum Gasteiger partial charge on any atom is 0.221 e. The molecule has 1 saturated carbocycles. The Kier molecular flexibility index (Phi) is 3.15. The smallest absolute Gasteiger partial charge is 0.221 e. The van der Waals surface area contributed by atoms with Crippen LogP contribution in [0, 0.1) is 5.82 Å². The molecule has 0 aliphatic heterocycles. The van der Waals surface area contributed by atoms with Crippen molar-refractivity contribution in [2.75, 3.05) is 5.88 Å². The van der Waals surface area contributed by atoms with Crippen molar-refractivity contribution in [3.63, 3.8) is 0 Å². The van der Waals surface area contributed by atoms with E-state index in [0.29, 0.717) is 12.3 Å². The lowest BCUT2D eigenvalue weighted by Gasteiger charge is -2.17. The predicted molar refractivity (Wildman–Crippen MR) is 60.8 cm³/mol. The molecule has 1 N–H and O–H groups in total. The lowest BCUT2D eigenvalue weighted by atomic mass is 10.0. The second kappa shape index (κ2) is 4.42. The molecule has 2 nitrogen and oxygen atoms in total. The molecular weight excluding hydrogens is 229 g/mol. The molecule has 0 heterocycles. The van der Waals surface area contributed by atoms with Gasteiger partial charge >= 0.3 is 0 Å². The van der Waals surface area contributed by atoms with Crippen LogP contribution in [0.25, 0.3) is 0 Å². The van der Waals surface area contributed by atoms with Crippen LogP contribution in [-0.2, 0) is 10.3 Å². The summed E-state index contributed by atoms with van der Waals surface area (Å²) in [4.78, 5) is 11.5. The van der Waals surface area contributed by atoms with Gasteiger partial charge in [-0.2, -0.15) is 0 Å². The number of rotatable bonds is 4. The van der Waals surface area contributed by atoms with Gasteiger partial charge < -0.3 is 5.32 Å². The summed E-state index contributed by atoms with van der Waals surface area (Å²) in [5.41, 5.74) is 0.501. The first-order chi connectivity index (χ1) is 7.66. The fourth-order valence-corrected chi connectivity index (χ4v) is 1.98. The van der Waals surface area contributed by atoms with Gasteiger partial charge in [-0.25, -0.2) is 4.39 Å². The number of benzene rings is 1. The van der Waals surface area contributed by atoms with Crippen LogP contribution in [0.1, 0.15) is 24.8 Å². The van der Waals surface area contributed by atoms with E-state index < -0.39 is 0 Å². The third-order valence-corrected chi connectivity index (χ3v) is 3.02. The van der Waals surface area contributed by atoms with Crippen molar-refractivity contribution in [1.29, 1.82) is 0 Å². The Morgan fingerprint density at radius 1 is 1.50 bits per heavy atom. The van der Waals surface area contributed by atoms with Gasteiger partial charge in [0, 0.05) is 12.3 Å². The maximum absolute atomic E-state index is 13.1. The van der Waals surface area contributed by atoms with E-state index in [1.165, 1.54) is 12.1 Å². The van der Waals surface area contributed by atoms with Gasteiger partial charge in [0.1, 0.15) is 5.82 Å². The second-order valence-electron chi connectivity index (χ2n) is 4.08. The third-order valence-electron chi connectivity index (χ3n) is 2.83. The fraction of sp³-hybridized carbons (Fsp3) is 0.417. The molecule has 1 aromatic rings. The second-order valence-corrected chi connectivity index (χ2v) is 4.46. The van der Waals surface area contributed by atoms with E-state index in [0.717, 1.165) is 18.4 Å². The molecule has 0 spiro atoms. The molecule has 1 amide bonds. The van der Waals surface area contributed by atoms with Crippen molar-refractivity contribution in [3.8, 4) is 0 Å². The number of nitrogens with one attached hydrogen (secondary N) is 1. The average Bonchev–Trinajstić information content (AvgIpc) is 2.99. The van der Waals surface area contributed by atoms with Crippen molar-refractivity contribution in [2.24, 2.45) is 0 Å². The number of hydrogen-bond acceptors (Lipinski definition) is 1. The molecule has 0 bridgehead atoms. The lowest BCUT2D eigenvalue weighted by molar-refractivity contribution is -0.121. The van der Waals surface area contributed by atoms with Crippen LogP contribution in [0.15, 0.2) is 24.3 Å². The summed E-state index contributed by atoms with van der Waals surface area (Å²) >= 11 is 5.50. The highest BCUT2D eigenvalue weighted by molar-refractivity contribution is 6.18. The topological polar surface area (TPSA) is 29.1 Å². The van der Waals surface area contributed by atoms with Crippen LogP contribution >= 0.6 is 11.6 Å². The van der Waals surface area contributed by atoms with Crippen molar-refractivity contribution in [2.45, 2.75) is 24.8 Å². The molecule has 0 atom stereocenters. The van der Waals surface area contributed by atoms with Gasteiger partial charge in [0.2, 0.25) is 5.91 Å². The lowest BCUT2D eigenvalue weighted by Crippen LogP contribution is -2.34. The number of amides is 1. The molecule has 0 saturated heterocycles. The molecule has 0 aromatic heterocycles. The molecule has 16 heavy (non-hydrogen) atoms. The van der Waals surface area contributed by atoms with Crippen LogP contribution in [0.5, 0.6) is 0 Å². The number of halogens is 2. The van der Waals surface area contributed by atoms with Gasteiger partial charge in [-0.1, -0.05) is 12.1 Å². The largest absolute Gasteiger partial charge is 0.347 e. The van der Waals surface area contributed by atoms with E-state index in [1.807, 2.05) is 6.07 Å². The zero-order chi connectivity index (χ0) is 11.6. The van der Waals surface area contributed by atoms with Crippen molar-refractivity contribution < 1.29 is 9.18 Å². The number of alkyl halides is 1. The molecule has 1 aromatic carbocycles. The molecular formula is C12H13ClFNO. The Morgan fingerprint density at radius 2 is 2.25 bits per heavy atom. The highest BCUT2D eigenvalue weighted by Crippen LogP contribution is 2.45.